The van der Waals surface area contributed by atoms with Gasteiger partial charge in [0.25, 0.3) is 10.2 Å². The maximum atomic E-state index is 12.0. The minimum atomic E-state index is -9.35. The maximum absolute atomic E-state index is 12.0. The lowest BCUT2D eigenvalue weighted by Gasteiger charge is -2.40. The third kappa shape index (κ3) is 4.31. The second-order valence-electron chi connectivity index (χ2n) is 3.01. The van der Waals surface area contributed by atoms with Gasteiger partial charge in [0.1, 0.15) is 5.75 Å². The number of nitrogen functional groups attached to an aromatic ring is 1. The van der Waals surface area contributed by atoms with Gasteiger partial charge in [-0.1, -0.05) is 31.6 Å². The fourth-order valence-electron chi connectivity index (χ4n) is 0.929. The number of hydrogen-bond donors (Lipinski definition) is 1. The molecule has 1 aromatic carbocycles. The van der Waals surface area contributed by atoms with Crippen molar-refractivity contribution in [2.45, 2.75) is 5.75 Å². The zero-order chi connectivity index (χ0) is 11.1. The molecule has 0 amide bonds. The monoisotopic (exact) mass is 233 g/mol. The molecular formula is C7H8F5NS. The van der Waals surface area contributed by atoms with Crippen LogP contribution in [0.25, 0.3) is 0 Å². The van der Waals surface area contributed by atoms with Crippen LogP contribution in [0, 0.1) is 0 Å². The first-order valence-electron chi connectivity index (χ1n) is 3.52. The predicted molar refractivity (Wildman–Crippen MR) is 47.7 cm³/mol. The van der Waals surface area contributed by atoms with Gasteiger partial charge in [-0.05, 0) is 17.7 Å². The highest BCUT2D eigenvalue weighted by molar-refractivity contribution is 8.45. The van der Waals surface area contributed by atoms with Gasteiger partial charge >= 0.3 is 0 Å². The summed E-state index contributed by atoms with van der Waals surface area (Å²) >= 11 is 0. The molecule has 0 radical (unpaired) electrons. The summed E-state index contributed by atoms with van der Waals surface area (Å²) < 4.78 is 59.9. The summed E-state index contributed by atoms with van der Waals surface area (Å²) in [6, 6.07) is 4.18. The second-order valence-corrected chi connectivity index (χ2v) is 5.56. The molecule has 0 atom stereocenters. The highest BCUT2D eigenvalue weighted by Crippen LogP contribution is 2.99. The molecule has 14 heavy (non-hydrogen) atoms. The summed E-state index contributed by atoms with van der Waals surface area (Å²) in [6.45, 7) is 0. The second kappa shape index (κ2) is 2.33. The number of halogens is 5. The Balaban J connectivity index is 2.97. The van der Waals surface area contributed by atoms with Gasteiger partial charge in [0, 0.05) is 5.69 Å². The van der Waals surface area contributed by atoms with Gasteiger partial charge in [-0.25, -0.2) is 0 Å². The number of hydrogen-bond acceptors (Lipinski definition) is 1. The van der Waals surface area contributed by atoms with Gasteiger partial charge in [0.05, 0.1) is 0 Å². The maximum Gasteiger partial charge on any atom is 0.289 e. The summed E-state index contributed by atoms with van der Waals surface area (Å²) in [6.07, 6.45) is 0. The van der Waals surface area contributed by atoms with E-state index in [2.05, 4.69) is 0 Å². The van der Waals surface area contributed by atoms with Crippen molar-refractivity contribution >= 4 is 15.9 Å². The van der Waals surface area contributed by atoms with Gasteiger partial charge in [-0.3, -0.25) is 0 Å². The largest absolute Gasteiger partial charge is 0.399 e. The van der Waals surface area contributed by atoms with E-state index in [0.29, 0.717) is 0 Å². The molecule has 0 spiro atoms. The summed E-state index contributed by atoms with van der Waals surface area (Å²) in [7, 11) is -9.35. The smallest absolute Gasteiger partial charge is 0.289 e. The van der Waals surface area contributed by atoms with Crippen molar-refractivity contribution in [3.63, 3.8) is 0 Å². The van der Waals surface area contributed by atoms with Crippen LogP contribution in [-0.4, -0.2) is 0 Å². The van der Waals surface area contributed by atoms with Crippen LogP contribution in [-0.2, 0) is 5.75 Å². The molecule has 0 aliphatic rings. The van der Waals surface area contributed by atoms with E-state index in [0.717, 1.165) is 24.3 Å². The summed E-state index contributed by atoms with van der Waals surface area (Å²) in [5.41, 5.74) is 4.94. The molecule has 0 bridgehead atoms. The van der Waals surface area contributed by atoms with Crippen LogP contribution in [0.5, 0.6) is 0 Å². The van der Waals surface area contributed by atoms with Crippen LogP contribution in [0.1, 0.15) is 5.56 Å². The molecule has 1 rings (SSSR count). The molecule has 82 valence electrons. The number of anilines is 1. The van der Waals surface area contributed by atoms with E-state index < -0.39 is 21.5 Å². The quantitative estimate of drug-likeness (QED) is 0.604. The van der Waals surface area contributed by atoms with Crippen LogP contribution in [0.4, 0.5) is 25.1 Å². The van der Waals surface area contributed by atoms with Crippen LogP contribution >= 0.6 is 10.2 Å². The summed E-state index contributed by atoms with van der Waals surface area (Å²) in [5, 5.41) is 0. The molecule has 1 nitrogen and oxygen atoms in total. The average molecular weight is 233 g/mol. The predicted octanol–water partition coefficient (Wildman–Crippen LogP) is 4.07. The number of benzene rings is 1. The minimum Gasteiger partial charge on any atom is -0.399 e. The van der Waals surface area contributed by atoms with E-state index in [1.165, 1.54) is 0 Å². The fourth-order valence-corrected chi connectivity index (χ4v) is 1.75. The highest BCUT2D eigenvalue weighted by Gasteiger charge is 2.62. The molecule has 0 saturated carbocycles. The Morgan fingerprint density at radius 2 is 1.36 bits per heavy atom. The van der Waals surface area contributed by atoms with E-state index in [-0.39, 0.29) is 5.69 Å². The van der Waals surface area contributed by atoms with Crippen molar-refractivity contribution in [3.05, 3.63) is 29.8 Å². The summed E-state index contributed by atoms with van der Waals surface area (Å²) in [4.78, 5) is 0. The molecule has 0 unspecified atom stereocenters. The van der Waals surface area contributed by atoms with Crippen molar-refractivity contribution in [1.82, 2.24) is 0 Å². The zero-order valence-corrected chi connectivity index (χ0v) is 7.71. The normalized spacial score (nSPS) is 17.2. The first-order chi connectivity index (χ1) is 5.95. The Morgan fingerprint density at radius 3 is 1.71 bits per heavy atom. The molecule has 0 aliphatic heterocycles. The Bertz CT molecular complexity index is 339. The fraction of sp³-hybridized carbons (Fsp3) is 0.143. The minimum absolute atomic E-state index is 0.232. The van der Waals surface area contributed by atoms with Gasteiger partial charge in [-0.15, -0.1) is 0 Å². The third-order valence-electron chi connectivity index (χ3n) is 1.42. The molecule has 0 aromatic heterocycles. The average Bonchev–Trinajstić information content (AvgIpc) is 1.88. The zero-order valence-electron chi connectivity index (χ0n) is 6.89. The van der Waals surface area contributed by atoms with Crippen molar-refractivity contribution in [2.75, 3.05) is 5.73 Å². The molecular weight excluding hydrogens is 225 g/mol. The number of nitrogens with two attached hydrogens (primary N) is 1. The molecule has 0 fully saturated rings. The molecule has 1 aromatic rings. The van der Waals surface area contributed by atoms with Gasteiger partial charge in [-0.2, -0.15) is 0 Å². The van der Waals surface area contributed by atoms with Gasteiger partial charge in [0.2, 0.25) is 0 Å². The molecule has 0 aliphatic carbocycles. The third-order valence-corrected chi connectivity index (χ3v) is 2.30. The topological polar surface area (TPSA) is 26.0 Å². The lowest BCUT2D eigenvalue weighted by molar-refractivity contribution is 0.362. The van der Waals surface area contributed by atoms with Crippen molar-refractivity contribution in [3.8, 4) is 0 Å². The Morgan fingerprint density at radius 1 is 0.929 bits per heavy atom. The summed E-state index contributed by atoms with van der Waals surface area (Å²) in [5.74, 6) is -2.18. The molecule has 0 heterocycles. The van der Waals surface area contributed by atoms with Crippen molar-refractivity contribution in [2.24, 2.45) is 0 Å². The molecule has 0 saturated heterocycles. The van der Waals surface area contributed by atoms with Crippen molar-refractivity contribution < 1.29 is 19.4 Å². The number of rotatable bonds is 2. The Labute approximate surface area is 77.4 Å². The van der Waals surface area contributed by atoms with Crippen LogP contribution < -0.4 is 5.73 Å². The van der Waals surface area contributed by atoms with Gasteiger partial charge in [0.15, 0.2) is 0 Å². The lowest BCUT2D eigenvalue weighted by Crippen LogP contribution is -2.08. The van der Waals surface area contributed by atoms with Crippen molar-refractivity contribution in [1.29, 1.82) is 0 Å². The van der Waals surface area contributed by atoms with Gasteiger partial charge < -0.3 is 5.73 Å². The van der Waals surface area contributed by atoms with Crippen LogP contribution in [0.15, 0.2) is 24.3 Å². The van der Waals surface area contributed by atoms with Crippen LogP contribution in [0.2, 0.25) is 0 Å². The van der Waals surface area contributed by atoms with E-state index in [1.807, 2.05) is 0 Å². The lowest BCUT2D eigenvalue weighted by atomic mass is 10.2. The highest BCUT2D eigenvalue weighted by atomic mass is 32.5. The molecule has 2 N–H and O–H groups in total. The van der Waals surface area contributed by atoms with E-state index in [1.54, 1.807) is 0 Å². The Hall–Kier alpha value is -0.980. The van der Waals surface area contributed by atoms with E-state index >= 15 is 0 Å². The van der Waals surface area contributed by atoms with E-state index in [4.69, 9.17) is 5.73 Å². The first kappa shape index (κ1) is 11.1. The molecule has 7 heteroatoms. The first-order valence-corrected chi connectivity index (χ1v) is 5.64. The Kier molecular flexibility index (Phi) is 1.85. The van der Waals surface area contributed by atoms with Crippen LogP contribution in [0.3, 0.4) is 0 Å². The standard InChI is InChI=1S/C7H8F5NS/c8-14(9,10,11,12)5-6-1-3-7(13)4-2-6/h1-4H,5,13H2. The SMILES string of the molecule is Nc1ccc(CS(F)(F)(F)(F)F)cc1. The van der Waals surface area contributed by atoms with E-state index in [9.17, 15) is 19.4 Å².